The van der Waals surface area contributed by atoms with Crippen LogP contribution in [0.15, 0.2) is 6.07 Å². The van der Waals surface area contributed by atoms with E-state index in [1.165, 1.54) is 0 Å². The van der Waals surface area contributed by atoms with E-state index in [1.807, 2.05) is 13.0 Å². The van der Waals surface area contributed by atoms with Crippen molar-refractivity contribution in [1.82, 2.24) is 5.32 Å². The third-order valence-corrected chi connectivity index (χ3v) is 3.53. The molecule has 1 aliphatic heterocycles. The minimum atomic E-state index is -0.282. The lowest BCUT2D eigenvalue weighted by Gasteiger charge is -2.31. The second-order valence-corrected chi connectivity index (χ2v) is 4.58. The Balaban J connectivity index is 2.40. The Kier molecular flexibility index (Phi) is 3.36. The average molecular weight is 243 g/mol. The standard InChI is InChI=1S/C12H16ClFN2/c1-8-7-10(9(2)12(14)11(8)13)16-5-3-15-4-6-16/h7,15H,3-6H2,1-2H3. The van der Waals surface area contributed by atoms with Crippen molar-refractivity contribution in [1.29, 1.82) is 0 Å². The van der Waals surface area contributed by atoms with Gasteiger partial charge < -0.3 is 10.2 Å². The van der Waals surface area contributed by atoms with E-state index >= 15 is 0 Å². The van der Waals surface area contributed by atoms with E-state index in [9.17, 15) is 4.39 Å². The van der Waals surface area contributed by atoms with Gasteiger partial charge in [-0.1, -0.05) is 11.6 Å². The molecular formula is C12H16ClFN2. The molecule has 1 fully saturated rings. The van der Waals surface area contributed by atoms with Gasteiger partial charge in [0.05, 0.1) is 5.02 Å². The van der Waals surface area contributed by atoms with Crippen molar-refractivity contribution < 1.29 is 4.39 Å². The number of benzene rings is 1. The van der Waals surface area contributed by atoms with E-state index in [-0.39, 0.29) is 10.8 Å². The van der Waals surface area contributed by atoms with Crippen molar-refractivity contribution >= 4 is 17.3 Å². The molecule has 0 bridgehead atoms. The first-order valence-electron chi connectivity index (χ1n) is 5.52. The number of aryl methyl sites for hydroxylation is 1. The van der Waals surface area contributed by atoms with Crippen LogP contribution < -0.4 is 10.2 Å². The number of halogens is 2. The number of hydrogen-bond donors (Lipinski definition) is 1. The van der Waals surface area contributed by atoms with Gasteiger partial charge in [-0.25, -0.2) is 4.39 Å². The zero-order chi connectivity index (χ0) is 11.7. The Labute approximate surface area is 100 Å². The average Bonchev–Trinajstić information content (AvgIpc) is 2.32. The van der Waals surface area contributed by atoms with Crippen molar-refractivity contribution in [3.05, 3.63) is 28.0 Å². The summed E-state index contributed by atoms with van der Waals surface area (Å²) in [4.78, 5) is 2.21. The molecule has 2 nitrogen and oxygen atoms in total. The number of nitrogens with zero attached hydrogens (tertiary/aromatic N) is 1. The molecule has 0 aromatic heterocycles. The third-order valence-electron chi connectivity index (χ3n) is 3.06. The highest BCUT2D eigenvalue weighted by atomic mass is 35.5. The number of piperazine rings is 1. The molecule has 0 amide bonds. The first kappa shape index (κ1) is 11.7. The first-order chi connectivity index (χ1) is 7.61. The minimum Gasteiger partial charge on any atom is -0.369 e. The van der Waals surface area contributed by atoms with Crippen LogP contribution in [0.4, 0.5) is 10.1 Å². The van der Waals surface area contributed by atoms with Crippen molar-refractivity contribution in [3.63, 3.8) is 0 Å². The van der Waals surface area contributed by atoms with Crippen LogP contribution >= 0.6 is 11.6 Å². The van der Waals surface area contributed by atoms with Gasteiger partial charge in [-0.05, 0) is 25.5 Å². The summed E-state index contributed by atoms with van der Waals surface area (Å²) in [5, 5.41) is 3.53. The van der Waals surface area contributed by atoms with Crippen LogP contribution in [-0.4, -0.2) is 26.2 Å². The van der Waals surface area contributed by atoms with Crippen LogP contribution in [0.2, 0.25) is 5.02 Å². The number of anilines is 1. The van der Waals surface area contributed by atoms with Gasteiger partial charge in [-0.3, -0.25) is 0 Å². The van der Waals surface area contributed by atoms with Gasteiger partial charge in [0.1, 0.15) is 5.82 Å². The fraction of sp³-hybridized carbons (Fsp3) is 0.500. The lowest BCUT2D eigenvalue weighted by atomic mass is 10.1. The van der Waals surface area contributed by atoms with Gasteiger partial charge >= 0.3 is 0 Å². The molecule has 0 saturated carbocycles. The second-order valence-electron chi connectivity index (χ2n) is 4.20. The smallest absolute Gasteiger partial charge is 0.147 e. The van der Waals surface area contributed by atoms with Gasteiger partial charge in [0.2, 0.25) is 0 Å². The van der Waals surface area contributed by atoms with Gasteiger partial charge in [0, 0.05) is 37.4 Å². The minimum absolute atomic E-state index is 0.247. The van der Waals surface area contributed by atoms with E-state index in [1.54, 1.807) is 6.92 Å². The van der Waals surface area contributed by atoms with Gasteiger partial charge in [-0.2, -0.15) is 0 Å². The topological polar surface area (TPSA) is 15.3 Å². The maximum Gasteiger partial charge on any atom is 0.147 e. The van der Waals surface area contributed by atoms with Gasteiger partial charge in [0.15, 0.2) is 0 Å². The predicted molar refractivity (Wildman–Crippen MR) is 66.0 cm³/mol. The van der Waals surface area contributed by atoms with E-state index in [4.69, 9.17) is 11.6 Å². The van der Waals surface area contributed by atoms with E-state index in [2.05, 4.69) is 10.2 Å². The summed E-state index contributed by atoms with van der Waals surface area (Å²) < 4.78 is 13.8. The highest BCUT2D eigenvalue weighted by molar-refractivity contribution is 6.31. The molecule has 2 rings (SSSR count). The van der Waals surface area contributed by atoms with E-state index in [0.717, 1.165) is 37.4 Å². The van der Waals surface area contributed by atoms with Crippen LogP contribution in [0.25, 0.3) is 0 Å². The Morgan fingerprint density at radius 3 is 2.56 bits per heavy atom. The number of nitrogens with one attached hydrogen (secondary N) is 1. The Bertz CT molecular complexity index is 400. The maximum atomic E-state index is 13.8. The normalized spacial score (nSPS) is 16.6. The van der Waals surface area contributed by atoms with Crippen molar-refractivity contribution in [3.8, 4) is 0 Å². The molecule has 1 saturated heterocycles. The number of hydrogen-bond acceptors (Lipinski definition) is 2. The molecule has 0 spiro atoms. The molecule has 1 heterocycles. The van der Waals surface area contributed by atoms with Crippen LogP contribution in [0.5, 0.6) is 0 Å². The monoisotopic (exact) mass is 242 g/mol. The molecule has 0 unspecified atom stereocenters. The molecule has 1 aliphatic rings. The van der Waals surface area contributed by atoms with E-state index < -0.39 is 0 Å². The van der Waals surface area contributed by atoms with Crippen LogP contribution in [0.3, 0.4) is 0 Å². The Morgan fingerprint density at radius 1 is 1.31 bits per heavy atom. The SMILES string of the molecule is Cc1cc(N2CCNCC2)c(C)c(F)c1Cl. The van der Waals surface area contributed by atoms with Crippen LogP contribution in [0.1, 0.15) is 11.1 Å². The number of rotatable bonds is 1. The summed E-state index contributed by atoms with van der Waals surface area (Å²) in [6, 6.07) is 1.98. The Hall–Kier alpha value is -0.800. The highest BCUT2D eigenvalue weighted by Gasteiger charge is 2.17. The molecule has 0 radical (unpaired) electrons. The molecular weight excluding hydrogens is 227 g/mol. The molecule has 16 heavy (non-hydrogen) atoms. The molecule has 1 aromatic carbocycles. The largest absolute Gasteiger partial charge is 0.369 e. The zero-order valence-electron chi connectivity index (χ0n) is 9.61. The second kappa shape index (κ2) is 4.60. The van der Waals surface area contributed by atoms with Gasteiger partial charge in [0.25, 0.3) is 0 Å². The van der Waals surface area contributed by atoms with Gasteiger partial charge in [-0.15, -0.1) is 0 Å². The fourth-order valence-electron chi connectivity index (χ4n) is 2.06. The third kappa shape index (κ3) is 2.02. The van der Waals surface area contributed by atoms with Crippen molar-refractivity contribution in [2.75, 3.05) is 31.1 Å². The molecule has 88 valence electrons. The van der Waals surface area contributed by atoms with E-state index in [0.29, 0.717) is 5.56 Å². The lowest BCUT2D eigenvalue weighted by Crippen LogP contribution is -2.43. The predicted octanol–water partition coefficient (Wildman–Crippen LogP) is 2.51. The quantitative estimate of drug-likeness (QED) is 0.814. The molecule has 0 aliphatic carbocycles. The molecule has 1 N–H and O–H groups in total. The van der Waals surface area contributed by atoms with Crippen molar-refractivity contribution in [2.24, 2.45) is 0 Å². The highest BCUT2D eigenvalue weighted by Crippen LogP contribution is 2.31. The fourth-order valence-corrected chi connectivity index (χ4v) is 2.26. The summed E-state index contributed by atoms with van der Waals surface area (Å²) in [7, 11) is 0. The van der Waals surface area contributed by atoms with Crippen LogP contribution in [0, 0.1) is 19.7 Å². The summed E-state index contributed by atoms with van der Waals surface area (Å²) >= 11 is 5.89. The molecule has 0 atom stereocenters. The maximum absolute atomic E-state index is 13.8. The zero-order valence-corrected chi connectivity index (χ0v) is 10.4. The lowest BCUT2D eigenvalue weighted by molar-refractivity contribution is 0.581. The summed E-state index contributed by atoms with van der Waals surface area (Å²) in [6.07, 6.45) is 0. The summed E-state index contributed by atoms with van der Waals surface area (Å²) in [5.41, 5.74) is 2.43. The summed E-state index contributed by atoms with van der Waals surface area (Å²) in [5.74, 6) is -0.282. The Morgan fingerprint density at radius 2 is 1.94 bits per heavy atom. The molecule has 1 aromatic rings. The van der Waals surface area contributed by atoms with Crippen LogP contribution in [-0.2, 0) is 0 Å². The summed E-state index contributed by atoms with van der Waals surface area (Å²) in [6.45, 7) is 7.36. The first-order valence-corrected chi connectivity index (χ1v) is 5.90. The van der Waals surface area contributed by atoms with Crippen molar-refractivity contribution in [2.45, 2.75) is 13.8 Å². The molecule has 4 heteroatoms.